The molecule has 0 aliphatic heterocycles. The van der Waals surface area contributed by atoms with Crippen LogP contribution in [0.5, 0.6) is 0 Å². The maximum absolute atomic E-state index is 9.17. The monoisotopic (exact) mass is 269 g/mol. The highest BCUT2D eigenvalue weighted by Crippen LogP contribution is 2.22. The fraction of sp³-hybridized carbons (Fsp3) is 0.667. The number of aromatic nitrogens is 1. The van der Waals surface area contributed by atoms with Gasteiger partial charge in [0.2, 0.25) is 0 Å². The van der Waals surface area contributed by atoms with Crippen LogP contribution in [-0.4, -0.2) is 22.8 Å². The van der Waals surface area contributed by atoms with E-state index in [-0.39, 0.29) is 5.54 Å². The van der Waals surface area contributed by atoms with Crippen LogP contribution in [0.25, 0.3) is 0 Å². The Kier molecular flexibility index (Phi) is 6.56. The Bertz CT molecular complexity index is 345. The Labute approximate surface area is 112 Å². The molecule has 1 aromatic heterocycles. The van der Waals surface area contributed by atoms with Crippen molar-refractivity contribution >= 4 is 23.1 Å². The first-order valence-corrected chi connectivity index (χ1v) is 7.75. The van der Waals surface area contributed by atoms with Gasteiger partial charge in [-0.2, -0.15) is 5.26 Å². The molecular formula is C12H19N3S2. The summed E-state index contributed by atoms with van der Waals surface area (Å²) in [5.74, 6) is 1.03. The summed E-state index contributed by atoms with van der Waals surface area (Å²) >= 11 is 3.44. The third kappa shape index (κ3) is 5.53. The van der Waals surface area contributed by atoms with E-state index in [1.54, 1.807) is 23.1 Å². The molecule has 1 unspecified atom stereocenters. The molecule has 0 aromatic carbocycles. The Morgan fingerprint density at radius 1 is 1.65 bits per heavy atom. The van der Waals surface area contributed by atoms with E-state index in [4.69, 9.17) is 5.26 Å². The number of rotatable bonds is 8. The standard InChI is InChI=1S/C12H19N3S2/c1-3-6-15-12(2,10-13)5-4-8-16-11-14-7-9-17-11/h7,9,15H,3-6,8H2,1-2H3. The quantitative estimate of drug-likeness (QED) is 0.581. The minimum atomic E-state index is -0.376. The molecule has 94 valence electrons. The topological polar surface area (TPSA) is 48.7 Å². The Balaban J connectivity index is 2.21. The molecule has 0 aliphatic carbocycles. The van der Waals surface area contributed by atoms with E-state index in [1.807, 2.05) is 18.5 Å². The number of nitrogens with zero attached hydrogens (tertiary/aromatic N) is 2. The van der Waals surface area contributed by atoms with Gasteiger partial charge in [0.15, 0.2) is 0 Å². The predicted octanol–water partition coefficient (Wildman–Crippen LogP) is 3.30. The predicted molar refractivity (Wildman–Crippen MR) is 74.4 cm³/mol. The van der Waals surface area contributed by atoms with Crippen LogP contribution in [0, 0.1) is 11.3 Å². The van der Waals surface area contributed by atoms with Crippen LogP contribution in [0.3, 0.4) is 0 Å². The second kappa shape index (κ2) is 7.70. The van der Waals surface area contributed by atoms with Crippen LogP contribution in [0.4, 0.5) is 0 Å². The van der Waals surface area contributed by atoms with Gasteiger partial charge in [0.1, 0.15) is 9.88 Å². The van der Waals surface area contributed by atoms with E-state index in [1.165, 1.54) is 0 Å². The molecule has 3 nitrogen and oxygen atoms in total. The molecule has 0 saturated heterocycles. The molecule has 0 aliphatic rings. The van der Waals surface area contributed by atoms with Crippen LogP contribution < -0.4 is 5.32 Å². The van der Waals surface area contributed by atoms with Gasteiger partial charge in [0, 0.05) is 17.3 Å². The minimum absolute atomic E-state index is 0.376. The average Bonchev–Trinajstić information content (AvgIpc) is 2.85. The lowest BCUT2D eigenvalue weighted by Crippen LogP contribution is -2.41. The summed E-state index contributed by atoms with van der Waals surface area (Å²) in [6, 6.07) is 2.37. The van der Waals surface area contributed by atoms with Gasteiger partial charge in [-0.25, -0.2) is 4.98 Å². The van der Waals surface area contributed by atoms with Gasteiger partial charge in [0.25, 0.3) is 0 Å². The molecule has 1 N–H and O–H groups in total. The van der Waals surface area contributed by atoms with E-state index < -0.39 is 0 Å². The fourth-order valence-electron chi connectivity index (χ4n) is 1.45. The molecule has 0 fully saturated rings. The molecule has 5 heteroatoms. The van der Waals surface area contributed by atoms with Crippen LogP contribution >= 0.6 is 23.1 Å². The molecule has 17 heavy (non-hydrogen) atoms. The zero-order valence-electron chi connectivity index (χ0n) is 10.4. The molecule has 1 heterocycles. The summed E-state index contributed by atoms with van der Waals surface area (Å²) in [5, 5.41) is 14.5. The third-order valence-corrected chi connectivity index (χ3v) is 4.52. The first kappa shape index (κ1) is 14.5. The lowest BCUT2D eigenvalue weighted by atomic mass is 9.98. The minimum Gasteiger partial charge on any atom is -0.300 e. The van der Waals surface area contributed by atoms with Gasteiger partial charge in [-0.05, 0) is 32.7 Å². The van der Waals surface area contributed by atoms with E-state index in [0.29, 0.717) is 0 Å². The molecule has 0 bridgehead atoms. The van der Waals surface area contributed by atoms with Crippen molar-refractivity contribution in [1.82, 2.24) is 10.3 Å². The SMILES string of the molecule is CCCNC(C)(C#N)CCCSc1nccs1. The fourth-order valence-corrected chi connectivity index (χ4v) is 3.10. The van der Waals surface area contributed by atoms with Gasteiger partial charge in [-0.1, -0.05) is 18.7 Å². The summed E-state index contributed by atoms with van der Waals surface area (Å²) in [6.45, 7) is 5.00. The molecule has 1 atom stereocenters. The Morgan fingerprint density at radius 3 is 3.06 bits per heavy atom. The van der Waals surface area contributed by atoms with Gasteiger partial charge in [-0.15, -0.1) is 11.3 Å². The van der Waals surface area contributed by atoms with Crippen molar-refractivity contribution in [3.05, 3.63) is 11.6 Å². The number of nitriles is 1. The largest absolute Gasteiger partial charge is 0.300 e. The van der Waals surface area contributed by atoms with Crippen molar-refractivity contribution in [2.24, 2.45) is 0 Å². The van der Waals surface area contributed by atoms with Crippen LogP contribution in [0.2, 0.25) is 0 Å². The summed E-state index contributed by atoms with van der Waals surface area (Å²) in [6.07, 6.45) is 4.81. The molecule has 0 radical (unpaired) electrons. The summed E-state index contributed by atoms with van der Waals surface area (Å²) in [5.41, 5.74) is -0.376. The second-order valence-electron chi connectivity index (χ2n) is 4.12. The van der Waals surface area contributed by atoms with Crippen molar-refractivity contribution in [3.8, 4) is 6.07 Å². The van der Waals surface area contributed by atoms with Crippen molar-refractivity contribution in [1.29, 1.82) is 5.26 Å². The van der Waals surface area contributed by atoms with E-state index in [9.17, 15) is 0 Å². The zero-order valence-corrected chi connectivity index (χ0v) is 12.0. The van der Waals surface area contributed by atoms with E-state index in [2.05, 4.69) is 23.3 Å². The van der Waals surface area contributed by atoms with Crippen LogP contribution in [-0.2, 0) is 0 Å². The molecule has 0 spiro atoms. The lowest BCUT2D eigenvalue weighted by molar-refractivity contribution is 0.415. The van der Waals surface area contributed by atoms with Crippen molar-refractivity contribution < 1.29 is 0 Å². The number of hydrogen-bond donors (Lipinski definition) is 1. The van der Waals surface area contributed by atoms with E-state index in [0.717, 1.165) is 35.9 Å². The van der Waals surface area contributed by atoms with Crippen molar-refractivity contribution in [2.45, 2.75) is 43.0 Å². The highest BCUT2D eigenvalue weighted by Gasteiger charge is 2.21. The first-order valence-electron chi connectivity index (χ1n) is 5.89. The lowest BCUT2D eigenvalue weighted by Gasteiger charge is -2.22. The first-order chi connectivity index (χ1) is 8.20. The zero-order chi connectivity index (χ0) is 12.6. The maximum atomic E-state index is 9.17. The highest BCUT2D eigenvalue weighted by atomic mass is 32.2. The summed E-state index contributed by atoms with van der Waals surface area (Å²) in [7, 11) is 0. The summed E-state index contributed by atoms with van der Waals surface area (Å²) in [4.78, 5) is 4.22. The van der Waals surface area contributed by atoms with Crippen molar-refractivity contribution in [3.63, 3.8) is 0 Å². The smallest absolute Gasteiger partial charge is 0.149 e. The number of thioether (sulfide) groups is 1. The average molecular weight is 269 g/mol. The highest BCUT2D eigenvalue weighted by molar-refractivity contribution is 8.00. The molecule has 0 saturated carbocycles. The van der Waals surface area contributed by atoms with Crippen LogP contribution in [0.15, 0.2) is 15.9 Å². The molecule has 1 rings (SSSR count). The summed E-state index contributed by atoms with van der Waals surface area (Å²) < 4.78 is 1.12. The van der Waals surface area contributed by atoms with Gasteiger partial charge < -0.3 is 0 Å². The van der Waals surface area contributed by atoms with Gasteiger partial charge >= 0.3 is 0 Å². The van der Waals surface area contributed by atoms with Crippen molar-refractivity contribution in [2.75, 3.05) is 12.3 Å². The Morgan fingerprint density at radius 2 is 2.47 bits per heavy atom. The van der Waals surface area contributed by atoms with Crippen LogP contribution in [0.1, 0.15) is 33.1 Å². The third-order valence-electron chi connectivity index (χ3n) is 2.47. The van der Waals surface area contributed by atoms with Gasteiger partial charge in [-0.3, -0.25) is 5.32 Å². The molecule has 0 amide bonds. The number of hydrogen-bond acceptors (Lipinski definition) is 5. The van der Waals surface area contributed by atoms with Gasteiger partial charge in [0.05, 0.1) is 6.07 Å². The molecular weight excluding hydrogens is 250 g/mol. The number of thiazole rings is 1. The normalized spacial score (nSPS) is 14.2. The Hall–Kier alpha value is -0.570. The second-order valence-corrected chi connectivity index (χ2v) is 6.36. The maximum Gasteiger partial charge on any atom is 0.149 e. The molecule has 1 aromatic rings. The van der Waals surface area contributed by atoms with E-state index >= 15 is 0 Å². The number of nitrogens with one attached hydrogen (secondary N) is 1.